The fraction of sp³-hybridized carbons (Fsp3) is 0.417. The van der Waals surface area contributed by atoms with Crippen LogP contribution in [0, 0.1) is 10.1 Å². The van der Waals surface area contributed by atoms with Crippen LogP contribution in [0.3, 0.4) is 0 Å². The average molecular weight is 251 g/mol. The molecular formula is C12H17N3O3. The maximum Gasteiger partial charge on any atom is 0.319 e. The number of nitrogens with zero attached hydrogens (tertiary/aromatic N) is 3. The number of hydrogen-bond acceptors (Lipinski definition) is 3. The van der Waals surface area contributed by atoms with Gasteiger partial charge in [-0.15, -0.1) is 0 Å². The summed E-state index contributed by atoms with van der Waals surface area (Å²) in [5.74, 6) is 0. The number of rotatable bonds is 1. The Morgan fingerprint density at radius 3 is 1.94 bits per heavy atom. The Morgan fingerprint density at radius 1 is 1.11 bits per heavy atom. The van der Waals surface area contributed by atoms with Crippen molar-refractivity contribution in [2.45, 2.75) is 6.42 Å². The van der Waals surface area contributed by atoms with Crippen LogP contribution < -0.4 is 0 Å². The predicted octanol–water partition coefficient (Wildman–Crippen LogP) is 1.97. The highest BCUT2D eigenvalue weighted by Gasteiger charge is 2.17. The number of urea groups is 1. The Hall–Kier alpha value is -2.11. The highest BCUT2D eigenvalue weighted by molar-refractivity contribution is 5.74. The maximum atomic E-state index is 11.0. The third-order valence-corrected chi connectivity index (χ3v) is 2.61. The molecule has 0 radical (unpaired) electrons. The topological polar surface area (TPSA) is 66.7 Å². The zero-order valence-corrected chi connectivity index (χ0v) is 10.6. The number of para-hydroxylation sites is 1. The van der Waals surface area contributed by atoms with Crippen LogP contribution in [-0.4, -0.2) is 47.9 Å². The molecule has 0 aromatic heterocycles. The number of benzene rings is 1. The quantitative estimate of drug-likeness (QED) is 0.566. The standard InChI is InChI=1S/C6H12N2O.C6H5NO2/c1-7-4-3-5-8(2)6(7)9;8-7(9)6-4-2-1-3-5-6/h3-5H2,1-2H3;1-5H. The molecular weight excluding hydrogens is 234 g/mol. The molecule has 0 spiro atoms. The van der Waals surface area contributed by atoms with E-state index >= 15 is 0 Å². The van der Waals surface area contributed by atoms with Crippen molar-refractivity contribution >= 4 is 11.7 Å². The first-order chi connectivity index (χ1) is 8.52. The smallest absolute Gasteiger partial charge is 0.319 e. The number of non-ortho nitro benzene ring substituents is 1. The lowest BCUT2D eigenvalue weighted by Gasteiger charge is -2.30. The third-order valence-electron chi connectivity index (χ3n) is 2.61. The van der Waals surface area contributed by atoms with E-state index in [-0.39, 0.29) is 11.7 Å². The Labute approximate surface area is 106 Å². The van der Waals surface area contributed by atoms with E-state index in [1.54, 1.807) is 28.0 Å². The summed E-state index contributed by atoms with van der Waals surface area (Å²) in [5, 5.41) is 10.0. The Kier molecular flexibility index (Phi) is 5.10. The van der Waals surface area contributed by atoms with E-state index in [4.69, 9.17) is 0 Å². The summed E-state index contributed by atoms with van der Waals surface area (Å²) < 4.78 is 0. The van der Waals surface area contributed by atoms with Crippen LogP contribution in [0.25, 0.3) is 0 Å². The number of carbonyl (C=O) groups excluding carboxylic acids is 1. The number of nitro groups is 1. The van der Waals surface area contributed by atoms with Gasteiger partial charge in [-0.3, -0.25) is 10.1 Å². The molecule has 0 aliphatic carbocycles. The van der Waals surface area contributed by atoms with Crippen LogP contribution in [0.4, 0.5) is 10.5 Å². The van der Waals surface area contributed by atoms with Crippen LogP contribution >= 0.6 is 0 Å². The lowest BCUT2D eigenvalue weighted by atomic mass is 10.3. The van der Waals surface area contributed by atoms with E-state index < -0.39 is 4.92 Å². The first-order valence-corrected chi connectivity index (χ1v) is 5.68. The molecule has 0 saturated carbocycles. The van der Waals surface area contributed by atoms with Gasteiger partial charge in [-0.2, -0.15) is 0 Å². The maximum absolute atomic E-state index is 11.0. The zero-order valence-electron chi connectivity index (χ0n) is 10.6. The van der Waals surface area contributed by atoms with E-state index in [1.807, 2.05) is 14.1 Å². The number of amides is 2. The van der Waals surface area contributed by atoms with Gasteiger partial charge < -0.3 is 9.80 Å². The monoisotopic (exact) mass is 251 g/mol. The molecule has 18 heavy (non-hydrogen) atoms. The zero-order chi connectivity index (χ0) is 13.5. The molecule has 6 nitrogen and oxygen atoms in total. The molecule has 0 atom stereocenters. The average Bonchev–Trinajstić information content (AvgIpc) is 2.38. The number of hydrogen-bond donors (Lipinski definition) is 0. The predicted molar refractivity (Wildman–Crippen MR) is 68.4 cm³/mol. The third kappa shape index (κ3) is 4.04. The fourth-order valence-electron chi connectivity index (χ4n) is 1.58. The fourth-order valence-corrected chi connectivity index (χ4v) is 1.58. The summed E-state index contributed by atoms with van der Waals surface area (Å²) >= 11 is 0. The van der Waals surface area contributed by atoms with Gasteiger partial charge in [0.05, 0.1) is 4.92 Å². The van der Waals surface area contributed by atoms with Crippen LogP contribution in [0.5, 0.6) is 0 Å². The number of carbonyl (C=O) groups is 1. The SMILES string of the molecule is CN1CCCN(C)C1=O.O=[N+]([O-])c1ccccc1. The van der Waals surface area contributed by atoms with Gasteiger partial charge in [-0.25, -0.2) is 4.79 Å². The van der Waals surface area contributed by atoms with E-state index in [0.29, 0.717) is 0 Å². The second-order valence-corrected chi connectivity index (χ2v) is 4.07. The van der Waals surface area contributed by atoms with Gasteiger partial charge in [0.2, 0.25) is 0 Å². The van der Waals surface area contributed by atoms with Crippen molar-refractivity contribution in [3.63, 3.8) is 0 Å². The van der Waals surface area contributed by atoms with Gasteiger partial charge in [0.1, 0.15) is 0 Å². The largest absolute Gasteiger partial charge is 0.328 e. The van der Waals surface area contributed by atoms with E-state index in [2.05, 4.69) is 0 Å². The summed E-state index contributed by atoms with van der Waals surface area (Å²) in [6.07, 6.45) is 1.10. The van der Waals surface area contributed by atoms with Gasteiger partial charge in [0, 0.05) is 39.3 Å². The van der Waals surface area contributed by atoms with Crippen molar-refractivity contribution in [1.29, 1.82) is 0 Å². The van der Waals surface area contributed by atoms with Gasteiger partial charge in [-0.1, -0.05) is 18.2 Å². The van der Waals surface area contributed by atoms with Gasteiger partial charge in [0.25, 0.3) is 5.69 Å². The summed E-state index contributed by atoms with van der Waals surface area (Å²) in [4.78, 5) is 24.0. The van der Waals surface area contributed by atoms with E-state index in [9.17, 15) is 14.9 Å². The van der Waals surface area contributed by atoms with Crippen LogP contribution in [0.15, 0.2) is 30.3 Å². The van der Waals surface area contributed by atoms with Crippen molar-refractivity contribution < 1.29 is 9.72 Å². The minimum absolute atomic E-state index is 0.137. The first kappa shape index (κ1) is 14.0. The summed E-state index contributed by atoms with van der Waals surface area (Å²) in [7, 11) is 3.66. The van der Waals surface area contributed by atoms with Crippen molar-refractivity contribution in [2.75, 3.05) is 27.2 Å². The van der Waals surface area contributed by atoms with Crippen LogP contribution in [0.1, 0.15) is 6.42 Å². The summed E-state index contributed by atoms with van der Waals surface area (Å²) in [6, 6.07) is 8.07. The molecule has 0 unspecified atom stereocenters. The molecule has 0 bridgehead atoms. The van der Waals surface area contributed by atoms with E-state index in [0.717, 1.165) is 19.5 Å². The van der Waals surface area contributed by atoms with Crippen molar-refractivity contribution in [1.82, 2.24) is 9.80 Å². The van der Waals surface area contributed by atoms with Crippen LogP contribution in [-0.2, 0) is 0 Å². The van der Waals surface area contributed by atoms with Crippen LogP contribution in [0.2, 0.25) is 0 Å². The highest BCUT2D eigenvalue weighted by Crippen LogP contribution is 2.06. The Balaban J connectivity index is 0.000000180. The van der Waals surface area contributed by atoms with Gasteiger partial charge in [-0.05, 0) is 6.42 Å². The van der Waals surface area contributed by atoms with Gasteiger partial charge in [0.15, 0.2) is 0 Å². The lowest BCUT2D eigenvalue weighted by molar-refractivity contribution is -0.384. The second kappa shape index (κ2) is 6.58. The summed E-state index contributed by atoms with van der Waals surface area (Å²) in [6.45, 7) is 1.81. The van der Waals surface area contributed by atoms with Crippen molar-refractivity contribution in [3.8, 4) is 0 Å². The summed E-state index contributed by atoms with van der Waals surface area (Å²) in [5.41, 5.74) is 0.137. The molecule has 6 heteroatoms. The van der Waals surface area contributed by atoms with Crippen molar-refractivity contribution in [3.05, 3.63) is 40.4 Å². The molecule has 0 N–H and O–H groups in total. The second-order valence-electron chi connectivity index (χ2n) is 4.07. The molecule has 1 aromatic rings. The number of nitro benzene ring substituents is 1. The van der Waals surface area contributed by atoms with Gasteiger partial charge >= 0.3 is 6.03 Å². The van der Waals surface area contributed by atoms with Crippen molar-refractivity contribution in [2.24, 2.45) is 0 Å². The molecule has 2 amide bonds. The Bertz CT molecular complexity index is 396. The molecule has 2 rings (SSSR count). The molecule has 1 aliphatic heterocycles. The first-order valence-electron chi connectivity index (χ1n) is 5.68. The molecule has 1 fully saturated rings. The molecule has 1 aliphatic rings. The highest BCUT2D eigenvalue weighted by atomic mass is 16.6. The molecule has 1 heterocycles. The lowest BCUT2D eigenvalue weighted by Crippen LogP contribution is -2.44. The molecule has 1 aromatic carbocycles. The Morgan fingerprint density at radius 2 is 1.61 bits per heavy atom. The minimum Gasteiger partial charge on any atom is -0.328 e. The van der Waals surface area contributed by atoms with E-state index in [1.165, 1.54) is 12.1 Å². The minimum atomic E-state index is -0.417. The molecule has 1 saturated heterocycles. The normalized spacial score (nSPS) is 14.9. The molecule has 98 valence electrons.